The number of sulfonamides is 1. The normalized spacial score (nSPS) is 19.1. The number of halogens is 2. The molecule has 0 spiro atoms. The molecule has 33 heavy (non-hydrogen) atoms. The van der Waals surface area contributed by atoms with Crippen molar-refractivity contribution in [2.24, 2.45) is 0 Å². The highest BCUT2D eigenvalue weighted by molar-refractivity contribution is 7.89. The molecule has 4 rings (SSSR count). The van der Waals surface area contributed by atoms with Gasteiger partial charge in [-0.1, -0.05) is 41.4 Å². The Bertz CT molecular complexity index is 1230. The summed E-state index contributed by atoms with van der Waals surface area (Å²) in [7, 11) is -4.02. The molecule has 2 aromatic carbocycles. The molecule has 2 aliphatic heterocycles. The number of hydrogen-bond acceptors (Lipinski definition) is 4. The maximum absolute atomic E-state index is 13.5. The Morgan fingerprint density at radius 2 is 1.73 bits per heavy atom. The third-order valence-electron chi connectivity index (χ3n) is 5.69. The molecule has 0 saturated carbocycles. The summed E-state index contributed by atoms with van der Waals surface area (Å²) < 4.78 is 28.3. The first kappa shape index (κ1) is 23.6. The van der Waals surface area contributed by atoms with Crippen molar-refractivity contribution in [3.8, 4) is 0 Å². The summed E-state index contributed by atoms with van der Waals surface area (Å²) in [5.41, 5.74) is 0.810. The molecule has 0 radical (unpaired) electrons. The van der Waals surface area contributed by atoms with Crippen LogP contribution in [0.1, 0.15) is 25.8 Å². The second kappa shape index (κ2) is 9.00. The van der Waals surface area contributed by atoms with Crippen LogP contribution in [0.25, 0.3) is 0 Å². The number of benzene rings is 2. The largest absolute Gasteiger partial charge is 0.311 e. The first-order valence-electron chi connectivity index (χ1n) is 10.5. The maximum atomic E-state index is 13.5. The predicted molar refractivity (Wildman–Crippen MR) is 126 cm³/mol. The van der Waals surface area contributed by atoms with Gasteiger partial charge in [0.05, 0.1) is 4.90 Å². The van der Waals surface area contributed by atoms with Crippen LogP contribution in [0.2, 0.25) is 10.0 Å². The molecule has 1 atom stereocenters. The molecule has 1 saturated heterocycles. The molecule has 0 aromatic heterocycles. The highest BCUT2D eigenvalue weighted by atomic mass is 35.5. The van der Waals surface area contributed by atoms with Gasteiger partial charge < -0.3 is 4.90 Å². The standard InChI is InChI=1S/C23H23Cl2N3O4S/c1-15(2)26-14-21-27(33(31,32)19-5-3-4-18(25)13-19)11-10-22(29)28(21)20(23(26)30)12-16-6-8-17(24)9-7-16/h3-9,13-15,20H,10-12H2,1-2H3. The third-order valence-corrected chi connectivity index (χ3v) is 7.97. The number of carbonyl (C=O) groups excluding carboxylic acids is 2. The Hall–Kier alpha value is -2.55. The SMILES string of the molecule is CC(C)N1C=C2N(C(=O)CCN2S(=O)(=O)c2cccc(Cl)c2)C(Cc2ccc(Cl)cc2)C1=O. The van der Waals surface area contributed by atoms with Crippen LogP contribution >= 0.6 is 23.2 Å². The zero-order chi connectivity index (χ0) is 23.9. The van der Waals surface area contributed by atoms with E-state index in [1.165, 1.54) is 32.4 Å². The van der Waals surface area contributed by atoms with Crippen LogP contribution in [0.5, 0.6) is 0 Å². The van der Waals surface area contributed by atoms with Crippen LogP contribution < -0.4 is 0 Å². The maximum Gasteiger partial charge on any atom is 0.265 e. The zero-order valence-electron chi connectivity index (χ0n) is 18.1. The number of rotatable bonds is 5. The lowest BCUT2D eigenvalue weighted by atomic mass is 10.00. The van der Waals surface area contributed by atoms with E-state index in [4.69, 9.17) is 23.2 Å². The summed E-state index contributed by atoms with van der Waals surface area (Å²) in [5, 5.41) is 0.851. The zero-order valence-corrected chi connectivity index (χ0v) is 20.4. The van der Waals surface area contributed by atoms with Gasteiger partial charge in [-0.3, -0.25) is 14.5 Å². The van der Waals surface area contributed by atoms with E-state index in [1.807, 2.05) is 13.8 Å². The molecule has 174 valence electrons. The molecular weight excluding hydrogens is 485 g/mol. The quantitative estimate of drug-likeness (QED) is 0.615. The van der Waals surface area contributed by atoms with Crippen molar-refractivity contribution < 1.29 is 18.0 Å². The molecule has 0 aliphatic carbocycles. The fourth-order valence-corrected chi connectivity index (χ4v) is 5.91. The van der Waals surface area contributed by atoms with Gasteiger partial charge in [0.15, 0.2) is 0 Å². The number of hydrogen-bond donors (Lipinski definition) is 0. The lowest BCUT2D eigenvalue weighted by molar-refractivity contribution is -0.148. The number of nitrogens with zero attached hydrogens (tertiary/aromatic N) is 3. The van der Waals surface area contributed by atoms with E-state index in [0.717, 1.165) is 5.56 Å². The van der Waals surface area contributed by atoms with Crippen molar-refractivity contribution in [2.75, 3.05) is 6.54 Å². The number of amides is 2. The lowest BCUT2D eigenvalue weighted by Crippen LogP contribution is -2.61. The molecule has 0 N–H and O–H groups in total. The van der Waals surface area contributed by atoms with Crippen molar-refractivity contribution in [1.82, 2.24) is 14.1 Å². The summed E-state index contributed by atoms with van der Waals surface area (Å²) in [6.45, 7) is 3.65. The highest BCUT2D eigenvalue weighted by Gasteiger charge is 2.46. The molecule has 2 aromatic rings. The third kappa shape index (κ3) is 4.47. The predicted octanol–water partition coefficient (Wildman–Crippen LogP) is 3.88. The summed E-state index contributed by atoms with van der Waals surface area (Å²) in [4.78, 5) is 29.2. The lowest BCUT2D eigenvalue weighted by Gasteiger charge is -2.46. The summed E-state index contributed by atoms with van der Waals surface area (Å²) in [5.74, 6) is -0.396. The van der Waals surface area contributed by atoms with E-state index in [0.29, 0.717) is 10.0 Å². The van der Waals surface area contributed by atoms with Crippen LogP contribution in [0.15, 0.2) is 65.4 Å². The average molecular weight is 508 g/mol. The fraction of sp³-hybridized carbons (Fsp3) is 0.304. The fourth-order valence-electron chi connectivity index (χ4n) is 4.03. The van der Waals surface area contributed by atoms with E-state index in [1.54, 1.807) is 36.4 Å². The summed E-state index contributed by atoms with van der Waals surface area (Å²) >= 11 is 12.0. The topological polar surface area (TPSA) is 78.0 Å². The van der Waals surface area contributed by atoms with E-state index in [2.05, 4.69) is 0 Å². The van der Waals surface area contributed by atoms with Crippen molar-refractivity contribution in [1.29, 1.82) is 0 Å². The molecule has 1 fully saturated rings. The monoisotopic (exact) mass is 507 g/mol. The molecule has 7 nitrogen and oxygen atoms in total. The number of fused-ring (bicyclic) bond motifs is 1. The van der Waals surface area contributed by atoms with Crippen LogP contribution in [0.4, 0.5) is 0 Å². The molecule has 10 heteroatoms. The minimum Gasteiger partial charge on any atom is -0.311 e. The highest BCUT2D eigenvalue weighted by Crippen LogP contribution is 2.34. The van der Waals surface area contributed by atoms with Crippen molar-refractivity contribution in [3.63, 3.8) is 0 Å². The Morgan fingerprint density at radius 3 is 2.36 bits per heavy atom. The molecule has 2 aliphatic rings. The minimum absolute atomic E-state index is 0.0208. The van der Waals surface area contributed by atoms with E-state index >= 15 is 0 Å². The van der Waals surface area contributed by atoms with Crippen LogP contribution in [0, 0.1) is 0 Å². The summed E-state index contributed by atoms with van der Waals surface area (Å²) in [6.07, 6.45) is 1.65. The molecule has 2 heterocycles. The van der Waals surface area contributed by atoms with Crippen LogP contribution in [-0.2, 0) is 26.0 Å². The van der Waals surface area contributed by atoms with E-state index in [9.17, 15) is 18.0 Å². The smallest absolute Gasteiger partial charge is 0.265 e. The van der Waals surface area contributed by atoms with Gasteiger partial charge in [0.1, 0.15) is 11.9 Å². The Morgan fingerprint density at radius 1 is 1.03 bits per heavy atom. The second-order valence-corrected chi connectivity index (χ2v) is 11.0. The second-order valence-electron chi connectivity index (χ2n) is 8.22. The Kier molecular flexibility index (Phi) is 6.44. The van der Waals surface area contributed by atoms with Gasteiger partial charge in [0.25, 0.3) is 10.0 Å². The van der Waals surface area contributed by atoms with Gasteiger partial charge in [0.2, 0.25) is 11.8 Å². The summed E-state index contributed by atoms with van der Waals surface area (Å²) in [6, 6.07) is 11.9. The van der Waals surface area contributed by atoms with Crippen molar-refractivity contribution >= 4 is 45.0 Å². The Labute approximate surface area is 203 Å². The molecule has 1 unspecified atom stereocenters. The van der Waals surface area contributed by atoms with Gasteiger partial charge in [-0.15, -0.1) is 0 Å². The molecule has 2 amide bonds. The number of carbonyl (C=O) groups is 2. The van der Waals surface area contributed by atoms with Gasteiger partial charge in [0, 0.05) is 41.7 Å². The first-order valence-corrected chi connectivity index (χ1v) is 12.7. The van der Waals surface area contributed by atoms with Gasteiger partial charge >= 0.3 is 0 Å². The average Bonchev–Trinajstić information content (AvgIpc) is 2.76. The minimum atomic E-state index is -4.02. The van der Waals surface area contributed by atoms with E-state index < -0.39 is 16.1 Å². The van der Waals surface area contributed by atoms with Crippen molar-refractivity contribution in [2.45, 2.75) is 43.7 Å². The molecule has 0 bridgehead atoms. The van der Waals surface area contributed by atoms with Crippen LogP contribution in [-0.4, -0.2) is 53.0 Å². The van der Waals surface area contributed by atoms with E-state index in [-0.39, 0.29) is 48.0 Å². The van der Waals surface area contributed by atoms with Gasteiger partial charge in [-0.25, -0.2) is 12.7 Å². The Balaban J connectivity index is 1.80. The van der Waals surface area contributed by atoms with Gasteiger partial charge in [-0.2, -0.15) is 0 Å². The first-order chi connectivity index (χ1) is 15.6. The van der Waals surface area contributed by atoms with Crippen molar-refractivity contribution in [3.05, 3.63) is 76.2 Å². The van der Waals surface area contributed by atoms with Gasteiger partial charge in [-0.05, 0) is 49.7 Å². The molecular formula is C23H23Cl2N3O4S. The van der Waals surface area contributed by atoms with Crippen LogP contribution in [0.3, 0.4) is 0 Å².